The molecule has 1 aromatic heterocycles. The number of hydrogen-bond acceptors (Lipinski definition) is 6. The molecule has 2 aromatic rings. The number of anilines is 1. The summed E-state index contributed by atoms with van der Waals surface area (Å²) in [6.45, 7) is 1.71. The van der Waals surface area contributed by atoms with Crippen LogP contribution in [0, 0.1) is 11.8 Å². The van der Waals surface area contributed by atoms with Gasteiger partial charge in [-0.15, -0.1) is 0 Å². The van der Waals surface area contributed by atoms with Crippen molar-refractivity contribution in [1.82, 2.24) is 4.98 Å². The summed E-state index contributed by atoms with van der Waals surface area (Å²) in [6.07, 6.45) is 6.55. The Bertz CT molecular complexity index is 945. The number of carbonyl (C=O) groups is 3. The van der Waals surface area contributed by atoms with Crippen LogP contribution in [0.25, 0.3) is 0 Å². The average molecular weight is 391 g/mol. The van der Waals surface area contributed by atoms with Gasteiger partial charge in [0.25, 0.3) is 0 Å². The SMILES string of the molecule is CC(=NOC(=O)c1cccnc1)c1ccc(N2C(=O)C3CCCCC3C2=O)cc1. The van der Waals surface area contributed by atoms with Crippen LogP contribution < -0.4 is 4.90 Å². The largest absolute Gasteiger partial charge is 0.367 e. The van der Waals surface area contributed by atoms with E-state index in [0.717, 1.165) is 31.2 Å². The Morgan fingerprint density at radius 1 is 1.03 bits per heavy atom. The van der Waals surface area contributed by atoms with E-state index < -0.39 is 5.97 Å². The van der Waals surface area contributed by atoms with Gasteiger partial charge in [-0.1, -0.05) is 30.1 Å². The second-order valence-electron chi connectivity index (χ2n) is 7.35. The molecule has 0 radical (unpaired) electrons. The van der Waals surface area contributed by atoms with E-state index in [1.807, 2.05) is 0 Å². The summed E-state index contributed by atoms with van der Waals surface area (Å²) < 4.78 is 0. The molecule has 2 amide bonds. The molecule has 148 valence electrons. The molecule has 2 atom stereocenters. The third kappa shape index (κ3) is 3.68. The first-order chi connectivity index (χ1) is 14.1. The van der Waals surface area contributed by atoms with Crippen LogP contribution in [0.1, 0.15) is 48.5 Å². The fraction of sp³-hybridized carbons (Fsp3) is 0.318. The molecule has 1 aromatic carbocycles. The van der Waals surface area contributed by atoms with Gasteiger partial charge in [0.1, 0.15) is 0 Å². The third-order valence-corrected chi connectivity index (χ3v) is 5.55. The second-order valence-corrected chi connectivity index (χ2v) is 7.35. The molecule has 2 heterocycles. The number of nitrogens with zero attached hydrogens (tertiary/aromatic N) is 3. The van der Waals surface area contributed by atoms with Gasteiger partial charge in [0, 0.05) is 12.4 Å². The van der Waals surface area contributed by atoms with Crippen molar-refractivity contribution in [2.45, 2.75) is 32.6 Å². The smallest absolute Gasteiger partial charge is 0.312 e. The summed E-state index contributed by atoms with van der Waals surface area (Å²) in [4.78, 5) is 47.5. The van der Waals surface area contributed by atoms with Crippen molar-refractivity contribution in [2.24, 2.45) is 17.0 Å². The van der Waals surface area contributed by atoms with Crippen LogP contribution in [0.3, 0.4) is 0 Å². The number of pyridine rings is 1. The lowest BCUT2D eigenvalue weighted by Crippen LogP contribution is -2.30. The Hall–Kier alpha value is -3.35. The van der Waals surface area contributed by atoms with Gasteiger partial charge in [-0.2, -0.15) is 0 Å². The number of carbonyl (C=O) groups excluding carboxylic acids is 3. The number of rotatable bonds is 4. The molecule has 1 saturated carbocycles. The first kappa shape index (κ1) is 19.0. The first-order valence-electron chi connectivity index (χ1n) is 9.70. The van der Waals surface area contributed by atoms with E-state index in [9.17, 15) is 14.4 Å². The summed E-state index contributed by atoms with van der Waals surface area (Å²) in [5, 5.41) is 3.88. The Morgan fingerprint density at radius 3 is 2.28 bits per heavy atom. The molecule has 1 aliphatic heterocycles. The van der Waals surface area contributed by atoms with Crippen LogP contribution in [0.15, 0.2) is 53.9 Å². The standard InChI is InChI=1S/C22H21N3O4/c1-14(24-29-22(28)16-5-4-12-23-13-16)15-8-10-17(11-9-15)25-20(26)18-6-2-3-7-19(18)21(25)27/h4-5,8-13,18-19H,2-3,6-7H2,1H3. The minimum Gasteiger partial charge on any atom is -0.312 e. The second kappa shape index (κ2) is 7.95. The van der Waals surface area contributed by atoms with Gasteiger partial charge in [-0.3, -0.25) is 19.5 Å². The van der Waals surface area contributed by atoms with E-state index in [0.29, 0.717) is 17.0 Å². The quantitative estimate of drug-likeness (QED) is 0.345. The van der Waals surface area contributed by atoms with Crippen molar-refractivity contribution in [1.29, 1.82) is 0 Å². The number of hydrogen-bond donors (Lipinski definition) is 0. The predicted octanol–water partition coefficient (Wildman–Crippen LogP) is 3.34. The molecule has 2 fully saturated rings. The molecule has 2 aliphatic rings. The molecule has 7 heteroatoms. The molecule has 2 unspecified atom stereocenters. The summed E-state index contributed by atoms with van der Waals surface area (Å²) in [7, 11) is 0. The maximum atomic E-state index is 12.7. The van der Waals surface area contributed by atoms with Gasteiger partial charge < -0.3 is 4.84 Å². The van der Waals surface area contributed by atoms with Crippen LogP contribution in [0.5, 0.6) is 0 Å². The van der Waals surface area contributed by atoms with E-state index in [1.165, 1.54) is 11.1 Å². The van der Waals surface area contributed by atoms with Crippen molar-refractivity contribution >= 4 is 29.2 Å². The first-order valence-corrected chi connectivity index (χ1v) is 9.70. The number of amides is 2. The Balaban J connectivity index is 1.47. The molecule has 1 saturated heterocycles. The molecule has 0 bridgehead atoms. The molecule has 0 spiro atoms. The van der Waals surface area contributed by atoms with Crippen LogP contribution in [0.2, 0.25) is 0 Å². The minimum atomic E-state index is -0.593. The Labute approximate surface area is 168 Å². The van der Waals surface area contributed by atoms with Crippen LogP contribution in [-0.2, 0) is 14.4 Å². The zero-order chi connectivity index (χ0) is 20.4. The van der Waals surface area contributed by atoms with Crippen molar-refractivity contribution in [2.75, 3.05) is 4.90 Å². The van der Waals surface area contributed by atoms with Crippen molar-refractivity contribution in [3.8, 4) is 0 Å². The predicted molar refractivity (Wildman–Crippen MR) is 106 cm³/mol. The number of benzene rings is 1. The van der Waals surface area contributed by atoms with Gasteiger partial charge in [0.15, 0.2) is 0 Å². The van der Waals surface area contributed by atoms with Crippen molar-refractivity contribution in [3.05, 3.63) is 59.9 Å². The lowest BCUT2D eigenvalue weighted by Gasteiger charge is -2.19. The molecular weight excluding hydrogens is 370 g/mol. The Kier molecular flexibility index (Phi) is 5.20. The number of fused-ring (bicyclic) bond motifs is 1. The highest BCUT2D eigenvalue weighted by Gasteiger charge is 2.48. The lowest BCUT2D eigenvalue weighted by molar-refractivity contribution is -0.122. The van der Waals surface area contributed by atoms with Crippen LogP contribution in [0.4, 0.5) is 5.69 Å². The molecule has 29 heavy (non-hydrogen) atoms. The zero-order valence-electron chi connectivity index (χ0n) is 16.1. The van der Waals surface area contributed by atoms with Gasteiger partial charge in [-0.05, 0) is 49.6 Å². The molecule has 4 rings (SSSR count). The van der Waals surface area contributed by atoms with E-state index in [4.69, 9.17) is 4.84 Å². The van der Waals surface area contributed by atoms with Gasteiger partial charge >= 0.3 is 5.97 Å². The van der Waals surface area contributed by atoms with Gasteiger partial charge in [0.05, 0.1) is 28.8 Å². The highest BCUT2D eigenvalue weighted by Crippen LogP contribution is 2.40. The van der Waals surface area contributed by atoms with Crippen LogP contribution >= 0.6 is 0 Å². The lowest BCUT2D eigenvalue weighted by atomic mass is 9.81. The average Bonchev–Trinajstić information content (AvgIpc) is 3.03. The van der Waals surface area contributed by atoms with Gasteiger partial charge in [-0.25, -0.2) is 4.79 Å². The monoisotopic (exact) mass is 391 g/mol. The van der Waals surface area contributed by atoms with Crippen LogP contribution in [-0.4, -0.2) is 28.5 Å². The molecular formula is C22H21N3O4. The fourth-order valence-corrected chi connectivity index (χ4v) is 3.97. The topological polar surface area (TPSA) is 88.9 Å². The molecule has 1 aliphatic carbocycles. The highest BCUT2D eigenvalue weighted by atomic mass is 16.7. The van der Waals surface area contributed by atoms with Gasteiger partial charge in [0.2, 0.25) is 11.8 Å². The number of imide groups is 1. The Morgan fingerprint density at radius 2 is 1.69 bits per heavy atom. The summed E-state index contributed by atoms with van der Waals surface area (Å²) >= 11 is 0. The van der Waals surface area contributed by atoms with E-state index >= 15 is 0 Å². The maximum absolute atomic E-state index is 12.7. The zero-order valence-corrected chi connectivity index (χ0v) is 16.1. The molecule has 0 N–H and O–H groups in total. The van der Waals surface area contributed by atoms with E-state index in [1.54, 1.807) is 49.5 Å². The number of oxime groups is 1. The summed E-state index contributed by atoms with van der Waals surface area (Å²) in [6, 6.07) is 10.2. The highest BCUT2D eigenvalue weighted by molar-refractivity contribution is 6.22. The minimum absolute atomic E-state index is 0.0942. The molecule has 7 nitrogen and oxygen atoms in total. The van der Waals surface area contributed by atoms with Crippen molar-refractivity contribution < 1.29 is 19.2 Å². The maximum Gasteiger partial charge on any atom is 0.367 e. The normalized spacial score (nSPS) is 21.8. The van der Waals surface area contributed by atoms with Crippen molar-refractivity contribution in [3.63, 3.8) is 0 Å². The van der Waals surface area contributed by atoms with E-state index in [-0.39, 0.29) is 23.7 Å². The third-order valence-electron chi connectivity index (χ3n) is 5.55. The van der Waals surface area contributed by atoms with E-state index in [2.05, 4.69) is 10.1 Å². The summed E-state index contributed by atoms with van der Waals surface area (Å²) in [5.41, 5.74) is 2.11. The fourth-order valence-electron chi connectivity index (χ4n) is 3.97. The number of aromatic nitrogens is 1. The summed E-state index contributed by atoms with van der Waals surface area (Å²) in [5.74, 6) is -1.13.